The van der Waals surface area contributed by atoms with Gasteiger partial charge in [0.25, 0.3) is 0 Å². The van der Waals surface area contributed by atoms with E-state index in [2.05, 4.69) is 4.74 Å². The summed E-state index contributed by atoms with van der Waals surface area (Å²) in [6, 6.07) is 10.7. The van der Waals surface area contributed by atoms with Crippen molar-refractivity contribution in [2.24, 2.45) is 0 Å². The van der Waals surface area contributed by atoms with Crippen LogP contribution in [0.4, 0.5) is 18.9 Å². The maximum absolute atomic E-state index is 12.1. The van der Waals surface area contributed by atoms with E-state index in [0.717, 1.165) is 11.1 Å². The van der Waals surface area contributed by atoms with E-state index in [9.17, 15) is 13.2 Å². The number of hydrogen-bond acceptors (Lipinski definition) is 3. The van der Waals surface area contributed by atoms with Crippen molar-refractivity contribution in [1.82, 2.24) is 0 Å². The molecule has 106 valence electrons. The van der Waals surface area contributed by atoms with Crippen molar-refractivity contribution in [2.45, 2.75) is 6.36 Å². The van der Waals surface area contributed by atoms with Crippen LogP contribution in [0, 0.1) is 0 Å². The van der Waals surface area contributed by atoms with Gasteiger partial charge in [-0.1, -0.05) is 18.2 Å². The van der Waals surface area contributed by atoms with Gasteiger partial charge in [0.05, 0.1) is 12.8 Å². The molecule has 0 spiro atoms. The Morgan fingerprint density at radius 1 is 0.950 bits per heavy atom. The lowest BCUT2D eigenvalue weighted by Gasteiger charge is -2.10. The molecule has 2 N–H and O–H groups in total. The molecule has 2 aromatic carbocycles. The zero-order chi connectivity index (χ0) is 14.8. The first kappa shape index (κ1) is 14.0. The number of nitrogens with two attached hydrogens (primary N) is 1. The van der Waals surface area contributed by atoms with Crippen molar-refractivity contribution in [1.29, 1.82) is 0 Å². The maximum Gasteiger partial charge on any atom is 0.573 e. The number of rotatable bonds is 3. The van der Waals surface area contributed by atoms with Crippen LogP contribution in [0.1, 0.15) is 0 Å². The third-order valence-corrected chi connectivity index (χ3v) is 2.65. The highest BCUT2D eigenvalue weighted by atomic mass is 19.4. The van der Waals surface area contributed by atoms with Gasteiger partial charge in [-0.15, -0.1) is 13.2 Å². The molecular formula is C14H12F3NO2. The Balaban J connectivity index is 2.26. The second-order valence-corrected chi connectivity index (χ2v) is 4.03. The van der Waals surface area contributed by atoms with Crippen LogP contribution in [-0.4, -0.2) is 13.5 Å². The number of halogens is 3. The van der Waals surface area contributed by atoms with Crippen LogP contribution in [0.3, 0.4) is 0 Å². The van der Waals surface area contributed by atoms with Gasteiger partial charge >= 0.3 is 6.36 Å². The predicted molar refractivity (Wildman–Crippen MR) is 69.5 cm³/mol. The zero-order valence-corrected chi connectivity index (χ0v) is 10.6. The molecule has 0 heterocycles. The van der Waals surface area contributed by atoms with Gasteiger partial charge in [0.1, 0.15) is 11.5 Å². The fourth-order valence-corrected chi connectivity index (χ4v) is 1.74. The lowest BCUT2D eigenvalue weighted by atomic mass is 10.0. The fourth-order valence-electron chi connectivity index (χ4n) is 1.74. The summed E-state index contributed by atoms with van der Waals surface area (Å²) in [5, 5.41) is 0. The Kier molecular flexibility index (Phi) is 3.74. The Morgan fingerprint density at radius 3 is 2.10 bits per heavy atom. The van der Waals surface area contributed by atoms with Crippen LogP contribution >= 0.6 is 0 Å². The predicted octanol–water partition coefficient (Wildman–Crippen LogP) is 3.84. The van der Waals surface area contributed by atoms with Gasteiger partial charge < -0.3 is 15.2 Å². The van der Waals surface area contributed by atoms with Crippen molar-refractivity contribution in [3.05, 3.63) is 42.5 Å². The average molecular weight is 283 g/mol. The summed E-state index contributed by atoms with van der Waals surface area (Å²) in [6.07, 6.45) is -4.69. The molecule has 2 aromatic rings. The minimum absolute atomic E-state index is 0.260. The van der Waals surface area contributed by atoms with E-state index >= 15 is 0 Å². The van der Waals surface area contributed by atoms with Crippen LogP contribution in [0.5, 0.6) is 11.5 Å². The molecule has 6 heteroatoms. The molecule has 20 heavy (non-hydrogen) atoms. The number of ether oxygens (including phenoxy) is 2. The fraction of sp³-hybridized carbons (Fsp3) is 0.143. The zero-order valence-electron chi connectivity index (χ0n) is 10.6. The van der Waals surface area contributed by atoms with Gasteiger partial charge in [-0.25, -0.2) is 0 Å². The van der Waals surface area contributed by atoms with Crippen molar-refractivity contribution in [3.63, 3.8) is 0 Å². The van der Waals surface area contributed by atoms with Gasteiger partial charge in [0.2, 0.25) is 0 Å². The molecule has 0 aliphatic heterocycles. The molecule has 0 aromatic heterocycles. The third kappa shape index (κ3) is 3.34. The largest absolute Gasteiger partial charge is 0.573 e. The van der Waals surface area contributed by atoms with Crippen molar-refractivity contribution < 1.29 is 22.6 Å². The summed E-state index contributed by atoms with van der Waals surface area (Å²) in [5.74, 6) is 0.252. The summed E-state index contributed by atoms with van der Waals surface area (Å²) in [7, 11) is 1.50. The minimum Gasteiger partial charge on any atom is -0.495 e. The first-order valence-corrected chi connectivity index (χ1v) is 5.69. The summed E-state index contributed by atoms with van der Waals surface area (Å²) >= 11 is 0. The van der Waals surface area contributed by atoms with E-state index in [1.54, 1.807) is 18.2 Å². The number of benzene rings is 2. The number of nitrogen functional groups attached to an aromatic ring is 1. The summed E-state index contributed by atoms with van der Waals surface area (Å²) in [6.45, 7) is 0. The van der Waals surface area contributed by atoms with Gasteiger partial charge in [-0.2, -0.15) is 0 Å². The summed E-state index contributed by atoms with van der Waals surface area (Å²) in [4.78, 5) is 0. The molecule has 0 fully saturated rings. The Morgan fingerprint density at radius 2 is 1.55 bits per heavy atom. The van der Waals surface area contributed by atoms with E-state index in [4.69, 9.17) is 10.5 Å². The molecule has 0 bridgehead atoms. The Bertz CT molecular complexity index is 594. The minimum atomic E-state index is -4.69. The van der Waals surface area contributed by atoms with E-state index in [1.807, 2.05) is 0 Å². The molecule has 3 nitrogen and oxygen atoms in total. The molecule has 2 rings (SSSR count). The van der Waals surface area contributed by atoms with Crippen LogP contribution < -0.4 is 15.2 Å². The molecule has 0 saturated heterocycles. The molecule has 0 unspecified atom stereocenters. The second-order valence-electron chi connectivity index (χ2n) is 4.03. The quantitative estimate of drug-likeness (QED) is 0.870. The standard InChI is InChI=1S/C14H12F3NO2/c1-19-13-8-10(4-7-12(13)18)9-2-5-11(6-3-9)20-14(15,16)17/h2-8H,18H2,1H3. The Hall–Kier alpha value is -2.37. The van der Waals surface area contributed by atoms with E-state index in [0.29, 0.717) is 11.4 Å². The van der Waals surface area contributed by atoms with Gasteiger partial charge in [-0.05, 0) is 35.4 Å². The number of hydrogen-bond donors (Lipinski definition) is 1. The average Bonchev–Trinajstić information content (AvgIpc) is 2.38. The van der Waals surface area contributed by atoms with E-state index in [-0.39, 0.29) is 5.75 Å². The molecule has 0 aliphatic carbocycles. The molecule has 0 aliphatic rings. The molecule has 0 radical (unpaired) electrons. The first-order chi connectivity index (χ1) is 9.39. The number of alkyl halides is 3. The van der Waals surface area contributed by atoms with Gasteiger partial charge in [-0.3, -0.25) is 0 Å². The van der Waals surface area contributed by atoms with Crippen LogP contribution in [0.25, 0.3) is 11.1 Å². The normalized spacial score (nSPS) is 11.2. The molecule has 0 saturated carbocycles. The molecule has 0 atom stereocenters. The topological polar surface area (TPSA) is 44.5 Å². The monoisotopic (exact) mass is 283 g/mol. The smallest absolute Gasteiger partial charge is 0.495 e. The van der Waals surface area contributed by atoms with Crippen molar-refractivity contribution in [2.75, 3.05) is 12.8 Å². The van der Waals surface area contributed by atoms with Crippen LogP contribution in [0.15, 0.2) is 42.5 Å². The summed E-state index contributed by atoms with van der Waals surface area (Å²) < 4.78 is 45.1. The van der Waals surface area contributed by atoms with Gasteiger partial charge in [0, 0.05) is 0 Å². The van der Waals surface area contributed by atoms with Crippen molar-refractivity contribution >= 4 is 5.69 Å². The first-order valence-electron chi connectivity index (χ1n) is 5.69. The van der Waals surface area contributed by atoms with Crippen LogP contribution in [-0.2, 0) is 0 Å². The molecule has 0 amide bonds. The van der Waals surface area contributed by atoms with E-state index < -0.39 is 6.36 Å². The SMILES string of the molecule is COc1cc(-c2ccc(OC(F)(F)F)cc2)ccc1N. The van der Waals surface area contributed by atoms with Gasteiger partial charge in [0.15, 0.2) is 0 Å². The number of anilines is 1. The summed E-state index contributed by atoms with van der Waals surface area (Å²) in [5.41, 5.74) is 7.72. The van der Waals surface area contributed by atoms with Crippen molar-refractivity contribution in [3.8, 4) is 22.6 Å². The molecular weight excluding hydrogens is 271 g/mol. The highest BCUT2D eigenvalue weighted by Gasteiger charge is 2.30. The van der Waals surface area contributed by atoms with E-state index in [1.165, 1.54) is 31.4 Å². The third-order valence-electron chi connectivity index (χ3n) is 2.65. The Labute approximate surface area is 113 Å². The lowest BCUT2D eigenvalue weighted by Crippen LogP contribution is -2.16. The highest BCUT2D eigenvalue weighted by Crippen LogP contribution is 2.30. The maximum atomic E-state index is 12.1. The van der Waals surface area contributed by atoms with Crippen LogP contribution in [0.2, 0.25) is 0 Å². The second kappa shape index (κ2) is 5.32. The lowest BCUT2D eigenvalue weighted by molar-refractivity contribution is -0.274. The highest BCUT2D eigenvalue weighted by molar-refractivity contribution is 5.70. The number of methoxy groups -OCH3 is 1.